The molecule has 0 amide bonds. The zero-order chi connectivity index (χ0) is 10.5. The van der Waals surface area contributed by atoms with Crippen LogP contribution in [0.1, 0.15) is 13.8 Å². The van der Waals surface area contributed by atoms with Gasteiger partial charge in [0.15, 0.2) is 15.2 Å². The van der Waals surface area contributed by atoms with Gasteiger partial charge in [0.1, 0.15) is 6.61 Å². The van der Waals surface area contributed by atoms with Crippen LogP contribution in [0.25, 0.3) is 0 Å². The van der Waals surface area contributed by atoms with Gasteiger partial charge < -0.3 is 4.74 Å². The largest absolute Gasteiger partial charge is 0.497 e. The fraction of sp³-hybridized carbons (Fsp3) is 0.571. The van der Waals surface area contributed by atoms with Gasteiger partial charge in [0, 0.05) is 6.08 Å². The molecule has 76 valence electrons. The molecule has 0 N–H and O–H groups in total. The minimum Gasteiger partial charge on any atom is -0.497 e. The highest BCUT2D eigenvalue weighted by Crippen LogP contribution is 2.02. The quantitative estimate of drug-likeness (QED) is 0.392. The summed E-state index contributed by atoms with van der Waals surface area (Å²) in [6, 6.07) is 0. The first-order chi connectivity index (χ1) is 5.81. The van der Waals surface area contributed by atoms with Crippen molar-refractivity contribution >= 4 is 23.7 Å². The number of rotatable bonds is 5. The zero-order valence-electron chi connectivity index (χ0n) is 7.61. The maximum absolute atomic E-state index is 10.6. The monoisotopic (exact) mass is 224 g/mol. The van der Waals surface area contributed by atoms with E-state index in [1.807, 2.05) is 0 Å². The molecule has 0 rings (SSSR count). The van der Waals surface area contributed by atoms with Crippen LogP contribution in [0.15, 0.2) is 11.8 Å². The molecular formula is C7H13O4PS. The molecule has 0 aliphatic rings. The summed E-state index contributed by atoms with van der Waals surface area (Å²) in [5.41, 5.74) is 0. The van der Waals surface area contributed by atoms with Crippen molar-refractivity contribution in [2.45, 2.75) is 13.8 Å². The Morgan fingerprint density at radius 3 is 2.38 bits per heavy atom. The Hall–Kier alpha value is -0.410. The van der Waals surface area contributed by atoms with Gasteiger partial charge in [-0.2, -0.15) is 0 Å². The fourth-order valence-corrected chi connectivity index (χ4v) is 1.25. The van der Waals surface area contributed by atoms with Crippen molar-refractivity contribution in [3.05, 3.63) is 11.8 Å². The highest BCUT2D eigenvalue weighted by atomic mass is 32.7. The number of carbonyl (C=O) groups is 1. The average molecular weight is 224 g/mol. The van der Waals surface area contributed by atoms with Gasteiger partial charge in [0.25, 0.3) is 0 Å². The molecule has 0 heterocycles. The van der Waals surface area contributed by atoms with Gasteiger partial charge in [-0.25, -0.2) is 8.42 Å². The molecule has 0 saturated heterocycles. The van der Waals surface area contributed by atoms with Crippen molar-refractivity contribution in [3.8, 4) is 0 Å². The molecule has 4 nitrogen and oxygen atoms in total. The Kier molecular flexibility index (Phi) is 5.18. The number of hydrogen-bond acceptors (Lipinski definition) is 4. The third-order valence-electron chi connectivity index (χ3n) is 1.10. The molecule has 1 unspecified atom stereocenters. The van der Waals surface area contributed by atoms with E-state index >= 15 is 0 Å². The van der Waals surface area contributed by atoms with Gasteiger partial charge in [-0.05, 0) is 22.3 Å². The summed E-state index contributed by atoms with van der Waals surface area (Å²) in [4.78, 5) is 10.5. The summed E-state index contributed by atoms with van der Waals surface area (Å²) in [6.07, 6.45) is 1.31. The van der Waals surface area contributed by atoms with Crippen LogP contribution in [0, 0.1) is 0 Å². The lowest BCUT2D eigenvalue weighted by Gasteiger charge is -2.03. The smallest absolute Gasteiger partial charge is 0.164 e. The Morgan fingerprint density at radius 1 is 1.46 bits per heavy atom. The molecule has 6 heteroatoms. The number of allylic oxidation sites excluding steroid dienone is 2. The van der Waals surface area contributed by atoms with Crippen molar-refractivity contribution < 1.29 is 17.9 Å². The van der Waals surface area contributed by atoms with Crippen LogP contribution in [-0.4, -0.2) is 26.6 Å². The van der Waals surface area contributed by atoms with Gasteiger partial charge in [-0.1, -0.05) is 0 Å². The molecule has 0 aromatic rings. The lowest BCUT2D eigenvalue weighted by molar-refractivity contribution is -0.112. The molecule has 0 spiro atoms. The van der Waals surface area contributed by atoms with Crippen LogP contribution < -0.4 is 0 Å². The van der Waals surface area contributed by atoms with E-state index in [1.54, 1.807) is 15.4 Å². The Bertz CT molecular complexity index is 304. The topological polar surface area (TPSA) is 60.4 Å². The van der Waals surface area contributed by atoms with Gasteiger partial charge in [0.05, 0.1) is 11.5 Å². The molecule has 0 aromatic heterocycles. The van der Waals surface area contributed by atoms with E-state index in [0.717, 1.165) is 0 Å². The second-order valence-electron chi connectivity index (χ2n) is 2.58. The summed E-state index contributed by atoms with van der Waals surface area (Å²) < 4.78 is 26.2. The maximum Gasteiger partial charge on any atom is 0.164 e. The van der Waals surface area contributed by atoms with E-state index in [1.165, 1.54) is 13.0 Å². The van der Waals surface area contributed by atoms with Gasteiger partial charge >= 0.3 is 0 Å². The van der Waals surface area contributed by atoms with E-state index in [2.05, 4.69) is 0 Å². The summed E-state index contributed by atoms with van der Waals surface area (Å²) in [5.74, 6) is 0.244. The second-order valence-corrected chi connectivity index (χ2v) is 6.47. The third-order valence-corrected chi connectivity index (χ3v) is 2.55. The molecule has 1 atom stereocenters. The van der Waals surface area contributed by atoms with E-state index in [9.17, 15) is 13.2 Å². The summed E-state index contributed by atoms with van der Waals surface area (Å²) in [7, 11) is -1.33. The third kappa shape index (κ3) is 9.50. The normalized spacial score (nSPS) is 12.7. The molecule has 13 heavy (non-hydrogen) atoms. The lowest BCUT2D eigenvalue weighted by atomic mass is 10.4. The van der Waals surface area contributed by atoms with E-state index in [4.69, 9.17) is 4.74 Å². The zero-order valence-corrected chi connectivity index (χ0v) is 9.58. The molecule has 0 aliphatic heterocycles. The van der Waals surface area contributed by atoms with Crippen molar-refractivity contribution in [2.75, 3.05) is 12.4 Å². The van der Waals surface area contributed by atoms with Crippen LogP contribution in [0.3, 0.4) is 0 Å². The van der Waals surface area contributed by atoms with E-state index < -0.39 is 9.46 Å². The highest BCUT2D eigenvalue weighted by Gasteiger charge is 2.02. The number of hydrogen-bond donors (Lipinski definition) is 0. The molecule has 0 saturated carbocycles. The number of carbonyl (C=O) groups excluding carboxylic acids is 1. The van der Waals surface area contributed by atoms with Gasteiger partial charge in [-0.15, -0.1) is 0 Å². The molecule has 0 bridgehead atoms. The summed E-state index contributed by atoms with van der Waals surface area (Å²) in [6.45, 7) is 3.08. The van der Waals surface area contributed by atoms with Crippen molar-refractivity contribution in [1.82, 2.24) is 0 Å². The first-order valence-corrected chi connectivity index (χ1v) is 6.76. The van der Waals surface area contributed by atoms with Crippen LogP contribution in [0.4, 0.5) is 0 Å². The maximum atomic E-state index is 10.6. The van der Waals surface area contributed by atoms with E-state index in [0.29, 0.717) is 5.76 Å². The second kappa shape index (κ2) is 5.35. The van der Waals surface area contributed by atoms with Gasteiger partial charge in [-0.3, -0.25) is 4.79 Å². The predicted octanol–water partition coefficient (Wildman–Crippen LogP) is 0.701. The van der Waals surface area contributed by atoms with Crippen molar-refractivity contribution in [2.24, 2.45) is 0 Å². The summed E-state index contributed by atoms with van der Waals surface area (Å²) in [5, 5.41) is 0. The van der Waals surface area contributed by atoms with Crippen molar-refractivity contribution in [3.63, 3.8) is 0 Å². The van der Waals surface area contributed by atoms with E-state index in [-0.39, 0.29) is 18.1 Å². The Balaban J connectivity index is 3.85. The van der Waals surface area contributed by atoms with Crippen LogP contribution in [-0.2, 0) is 19.0 Å². The van der Waals surface area contributed by atoms with Crippen LogP contribution in [0.5, 0.6) is 0 Å². The Labute approximate surface area is 80.2 Å². The molecule has 0 aromatic carbocycles. The minimum atomic E-state index is -3.07. The first kappa shape index (κ1) is 12.6. The lowest BCUT2D eigenvalue weighted by Crippen LogP contribution is -2.05. The SMILES string of the molecule is CC(=O)/C=C(/C)OCCS(=O)(=O)P. The molecule has 0 radical (unpaired) electrons. The van der Waals surface area contributed by atoms with Gasteiger partial charge in [0.2, 0.25) is 0 Å². The minimum absolute atomic E-state index is 0.0687. The Morgan fingerprint density at radius 2 is 2.00 bits per heavy atom. The molecule has 0 fully saturated rings. The highest BCUT2D eigenvalue weighted by molar-refractivity contribution is 8.37. The van der Waals surface area contributed by atoms with Crippen molar-refractivity contribution in [1.29, 1.82) is 0 Å². The summed E-state index contributed by atoms with van der Waals surface area (Å²) >= 11 is 0. The molecular weight excluding hydrogens is 211 g/mol. The average Bonchev–Trinajstić information content (AvgIpc) is 1.81. The molecule has 0 aliphatic carbocycles. The first-order valence-electron chi connectivity index (χ1n) is 3.63. The number of ether oxygens (including phenoxy) is 1. The van der Waals surface area contributed by atoms with Crippen LogP contribution >= 0.6 is 8.44 Å². The predicted molar refractivity (Wildman–Crippen MR) is 53.9 cm³/mol. The fourth-order valence-electron chi connectivity index (χ4n) is 0.647. The standard InChI is InChI=1S/C7H13O4PS/c1-6(8)5-7(2)11-3-4-13(9,10)12/h5H,3-4,12H2,1-2H3/b7-5-. The van der Waals surface area contributed by atoms with Crippen LogP contribution in [0.2, 0.25) is 0 Å². The number of ketones is 1.